The topological polar surface area (TPSA) is 66.5 Å². The van der Waals surface area contributed by atoms with Crippen molar-refractivity contribution in [2.24, 2.45) is 0 Å². The van der Waals surface area contributed by atoms with Gasteiger partial charge in [-0.15, -0.1) is 11.8 Å². The molecule has 1 heterocycles. The number of fused-ring (bicyclic) bond motifs is 1. The Balaban J connectivity index is 1.46. The van der Waals surface area contributed by atoms with E-state index in [1.807, 2.05) is 18.2 Å². The van der Waals surface area contributed by atoms with Gasteiger partial charge in [-0.1, -0.05) is 47.5 Å². The number of thioether (sulfide) groups is 1. The normalized spacial score (nSPS) is 12.8. The number of rotatable bonds is 5. The fraction of sp³-hybridized carbons (Fsp3) is 0.0455. The average Bonchev–Trinajstić information content (AvgIpc) is 2.98. The largest absolute Gasteiger partial charge is 0.325 e. The quantitative estimate of drug-likeness (QED) is 0.405. The van der Waals surface area contributed by atoms with Crippen LogP contribution in [0.3, 0.4) is 0 Å². The summed E-state index contributed by atoms with van der Waals surface area (Å²) in [5.74, 6) is -0.915. The molecule has 1 aliphatic heterocycles. The Labute approximate surface area is 187 Å². The lowest BCUT2D eigenvalue weighted by Gasteiger charge is -2.16. The number of benzene rings is 3. The van der Waals surface area contributed by atoms with Gasteiger partial charge in [0, 0.05) is 10.6 Å². The summed E-state index contributed by atoms with van der Waals surface area (Å²) in [5.41, 5.74) is 1.41. The number of hydrogen-bond donors (Lipinski definition) is 1. The Morgan fingerprint density at radius 3 is 2.13 bits per heavy atom. The van der Waals surface area contributed by atoms with Crippen LogP contribution in [0, 0.1) is 0 Å². The predicted molar refractivity (Wildman–Crippen MR) is 120 cm³/mol. The third kappa shape index (κ3) is 3.94. The molecule has 5 nitrogen and oxygen atoms in total. The first-order valence-corrected chi connectivity index (χ1v) is 10.6. The van der Waals surface area contributed by atoms with Crippen LogP contribution in [-0.2, 0) is 4.79 Å². The molecule has 0 aliphatic carbocycles. The SMILES string of the molecule is O=C(CSc1ccccc1Cl)Nc1ccc(N2C(=O)c3ccccc3C2=O)c(Cl)c1. The molecule has 150 valence electrons. The molecule has 30 heavy (non-hydrogen) atoms. The molecule has 0 aromatic heterocycles. The summed E-state index contributed by atoms with van der Waals surface area (Å²) in [5, 5.41) is 3.52. The smallest absolute Gasteiger partial charge is 0.266 e. The van der Waals surface area contributed by atoms with E-state index in [9.17, 15) is 14.4 Å². The lowest BCUT2D eigenvalue weighted by molar-refractivity contribution is -0.113. The highest BCUT2D eigenvalue weighted by Gasteiger charge is 2.37. The second kappa shape index (κ2) is 8.52. The van der Waals surface area contributed by atoms with Gasteiger partial charge < -0.3 is 5.32 Å². The Kier molecular flexibility index (Phi) is 5.81. The van der Waals surface area contributed by atoms with E-state index in [4.69, 9.17) is 23.2 Å². The monoisotopic (exact) mass is 456 g/mol. The number of nitrogens with one attached hydrogen (secondary N) is 1. The van der Waals surface area contributed by atoms with Crippen LogP contribution >= 0.6 is 35.0 Å². The molecule has 8 heteroatoms. The van der Waals surface area contributed by atoms with Crippen LogP contribution in [0.25, 0.3) is 0 Å². The van der Waals surface area contributed by atoms with E-state index >= 15 is 0 Å². The number of anilines is 2. The maximum absolute atomic E-state index is 12.6. The Bertz CT molecular complexity index is 1150. The zero-order valence-electron chi connectivity index (χ0n) is 15.4. The highest BCUT2D eigenvalue weighted by Crippen LogP contribution is 2.35. The van der Waals surface area contributed by atoms with Crippen LogP contribution in [0.5, 0.6) is 0 Å². The van der Waals surface area contributed by atoms with Gasteiger partial charge in [0.25, 0.3) is 11.8 Å². The molecule has 4 rings (SSSR count). The molecule has 0 fully saturated rings. The summed E-state index contributed by atoms with van der Waals surface area (Å²) in [6.45, 7) is 0. The third-order valence-electron chi connectivity index (χ3n) is 4.46. The van der Waals surface area contributed by atoms with Crippen molar-refractivity contribution in [2.45, 2.75) is 4.90 Å². The van der Waals surface area contributed by atoms with Crippen LogP contribution in [0.2, 0.25) is 10.0 Å². The van der Waals surface area contributed by atoms with E-state index in [-0.39, 0.29) is 22.4 Å². The van der Waals surface area contributed by atoms with E-state index < -0.39 is 11.8 Å². The zero-order valence-corrected chi connectivity index (χ0v) is 17.7. The number of halogens is 2. The Morgan fingerprint density at radius 2 is 1.50 bits per heavy atom. The van der Waals surface area contributed by atoms with Crippen molar-refractivity contribution < 1.29 is 14.4 Å². The summed E-state index contributed by atoms with van der Waals surface area (Å²) < 4.78 is 0. The zero-order chi connectivity index (χ0) is 21.3. The highest BCUT2D eigenvalue weighted by molar-refractivity contribution is 8.00. The van der Waals surface area contributed by atoms with E-state index in [0.717, 1.165) is 9.80 Å². The molecule has 0 radical (unpaired) electrons. The number of imide groups is 1. The lowest BCUT2D eigenvalue weighted by Crippen LogP contribution is -2.29. The number of amides is 3. The van der Waals surface area contributed by atoms with E-state index in [0.29, 0.717) is 21.8 Å². The van der Waals surface area contributed by atoms with Gasteiger partial charge in [0.2, 0.25) is 5.91 Å². The minimum Gasteiger partial charge on any atom is -0.325 e. The van der Waals surface area contributed by atoms with E-state index in [1.54, 1.807) is 42.5 Å². The van der Waals surface area contributed by atoms with E-state index in [2.05, 4.69) is 5.32 Å². The van der Waals surface area contributed by atoms with Crippen molar-refractivity contribution in [1.29, 1.82) is 0 Å². The molecule has 1 N–H and O–H groups in total. The van der Waals surface area contributed by atoms with Crippen LogP contribution in [0.1, 0.15) is 20.7 Å². The molecule has 3 aromatic carbocycles. The van der Waals surface area contributed by atoms with Crippen molar-refractivity contribution in [3.8, 4) is 0 Å². The molecule has 0 saturated carbocycles. The number of carbonyl (C=O) groups excluding carboxylic acids is 3. The Hall–Kier alpha value is -2.80. The molecule has 0 atom stereocenters. The third-order valence-corrected chi connectivity index (χ3v) is 6.28. The molecule has 1 aliphatic rings. The minimum absolute atomic E-state index is 0.168. The lowest BCUT2D eigenvalue weighted by atomic mass is 10.1. The molecule has 0 bridgehead atoms. The molecular formula is C22H14Cl2N2O3S. The highest BCUT2D eigenvalue weighted by atomic mass is 35.5. The maximum Gasteiger partial charge on any atom is 0.266 e. The maximum atomic E-state index is 12.6. The van der Waals surface area contributed by atoms with Gasteiger partial charge in [0.15, 0.2) is 0 Å². The number of hydrogen-bond acceptors (Lipinski definition) is 4. The van der Waals surface area contributed by atoms with Crippen LogP contribution in [0.4, 0.5) is 11.4 Å². The fourth-order valence-corrected chi connectivity index (χ4v) is 4.38. The van der Waals surface area contributed by atoms with Crippen molar-refractivity contribution in [3.05, 3.63) is 87.9 Å². The summed E-state index contributed by atoms with van der Waals surface area (Å²) in [6.07, 6.45) is 0. The summed E-state index contributed by atoms with van der Waals surface area (Å²) in [4.78, 5) is 39.4. The average molecular weight is 457 g/mol. The minimum atomic E-state index is -0.426. The second-order valence-electron chi connectivity index (χ2n) is 6.42. The van der Waals surface area contributed by atoms with Gasteiger partial charge in [-0.3, -0.25) is 14.4 Å². The van der Waals surface area contributed by atoms with Crippen molar-refractivity contribution >= 4 is 64.1 Å². The van der Waals surface area contributed by atoms with Crippen molar-refractivity contribution in [2.75, 3.05) is 16.0 Å². The molecule has 0 unspecified atom stereocenters. The first-order valence-electron chi connectivity index (χ1n) is 8.90. The van der Waals surface area contributed by atoms with Gasteiger partial charge in [-0.05, 0) is 42.5 Å². The van der Waals surface area contributed by atoms with E-state index in [1.165, 1.54) is 17.8 Å². The van der Waals surface area contributed by atoms with Gasteiger partial charge in [-0.25, -0.2) is 4.90 Å². The molecule has 3 aromatic rings. The number of nitrogens with zero attached hydrogens (tertiary/aromatic N) is 1. The summed E-state index contributed by atoms with van der Waals surface area (Å²) in [7, 11) is 0. The second-order valence-corrected chi connectivity index (χ2v) is 8.26. The summed E-state index contributed by atoms with van der Waals surface area (Å²) in [6, 6.07) is 18.6. The van der Waals surface area contributed by atoms with Crippen molar-refractivity contribution in [3.63, 3.8) is 0 Å². The first-order chi connectivity index (χ1) is 14.5. The first kappa shape index (κ1) is 20.5. The van der Waals surface area contributed by atoms with Crippen molar-refractivity contribution in [1.82, 2.24) is 0 Å². The molecule has 0 spiro atoms. The predicted octanol–water partition coefficient (Wildman–Crippen LogP) is 5.52. The summed E-state index contributed by atoms with van der Waals surface area (Å²) >= 11 is 13.8. The van der Waals surface area contributed by atoms with Gasteiger partial charge >= 0.3 is 0 Å². The van der Waals surface area contributed by atoms with Gasteiger partial charge in [0.1, 0.15) is 0 Å². The van der Waals surface area contributed by atoms with Crippen LogP contribution in [-0.4, -0.2) is 23.5 Å². The van der Waals surface area contributed by atoms with Crippen LogP contribution in [0.15, 0.2) is 71.6 Å². The molecule has 3 amide bonds. The van der Waals surface area contributed by atoms with Crippen LogP contribution < -0.4 is 10.2 Å². The molecule has 0 saturated heterocycles. The standard InChI is InChI=1S/C22H14Cl2N2O3S/c23-16-7-3-4-8-19(16)30-12-20(27)25-13-9-10-18(17(24)11-13)26-21(28)14-5-1-2-6-15(14)22(26)29/h1-11H,12H2,(H,25,27). The van der Waals surface area contributed by atoms with Gasteiger partial charge in [-0.2, -0.15) is 0 Å². The van der Waals surface area contributed by atoms with Gasteiger partial charge in [0.05, 0.1) is 32.6 Å². The fourth-order valence-electron chi connectivity index (χ4n) is 3.08. The Morgan fingerprint density at radius 1 is 0.867 bits per heavy atom. The molecular weight excluding hydrogens is 443 g/mol. The number of carbonyl (C=O) groups is 3.